The van der Waals surface area contributed by atoms with Gasteiger partial charge in [0.2, 0.25) is 0 Å². The van der Waals surface area contributed by atoms with Gasteiger partial charge >= 0.3 is 0 Å². The Hall–Kier alpha value is -2.92. The summed E-state index contributed by atoms with van der Waals surface area (Å²) in [6.45, 7) is 0.536. The van der Waals surface area contributed by atoms with Gasteiger partial charge in [-0.25, -0.2) is 4.98 Å². The molecule has 2 heterocycles. The van der Waals surface area contributed by atoms with E-state index in [1.165, 1.54) is 6.20 Å². The lowest BCUT2D eigenvalue weighted by Crippen LogP contribution is -2.12. The normalized spacial score (nSPS) is 10.3. The number of anilines is 1. The Balaban J connectivity index is 1.53. The van der Waals surface area contributed by atoms with Gasteiger partial charge in [-0.05, 0) is 48.5 Å². The predicted octanol–water partition coefficient (Wildman–Crippen LogP) is 4.00. The zero-order valence-corrected chi connectivity index (χ0v) is 14.1. The molecule has 1 N–H and O–H groups in total. The highest BCUT2D eigenvalue weighted by molar-refractivity contribution is 6.33. The van der Waals surface area contributed by atoms with E-state index in [2.05, 4.69) is 15.3 Å². The summed E-state index contributed by atoms with van der Waals surface area (Å²) in [6, 6.07) is 16.3. The third kappa shape index (κ3) is 4.78. The summed E-state index contributed by atoms with van der Waals surface area (Å²) in [5.74, 6) is 0.426. The second-order valence-electron chi connectivity index (χ2n) is 5.24. The number of rotatable bonds is 6. The van der Waals surface area contributed by atoms with Gasteiger partial charge in [0.15, 0.2) is 0 Å². The highest BCUT2D eigenvalue weighted by Gasteiger charge is 2.10. The first kappa shape index (κ1) is 16.9. The molecule has 0 atom stereocenters. The number of nitrogens with zero attached hydrogens (tertiary/aromatic N) is 2. The maximum Gasteiger partial charge on any atom is 0.258 e. The first-order valence-electron chi connectivity index (χ1n) is 7.77. The van der Waals surface area contributed by atoms with Crippen LogP contribution < -0.4 is 10.1 Å². The average Bonchev–Trinajstić information content (AvgIpc) is 2.64. The molecular weight excluding hydrogens is 338 g/mol. The fraction of sp³-hybridized carbons (Fsp3) is 0.105. The molecule has 0 bridgehead atoms. The summed E-state index contributed by atoms with van der Waals surface area (Å²) in [7, 11) is 0. The van der Waals surface area contributed by atoms with Crippen LogP contribution >= 0.6 is 11.6 Å². The van der Waals surface area contributed by atoms with Crippen molar-refractivity contribution in [1.82, 2.24) is 9.97 Å². The summed E-state index contributed by atoms with van der Waals surface area (Å²) in [4.78, 5) is 20.3. The van der Waals surface area contributed by atoms with Crippen LogP contribution in [-0.4, -0.2) is 22.5 Å². The van der Waals surface area contributed by atoms with E-state index in [0.29, 0.717) is 17.9 Å². The van der Waals surface area contributed by atoms with Crippen molar-refractivity contribution in [2.24, 2.45) is 0 Å². The van der Waals surface area contributed by atoms with Crippen molar-refractivity contribution >= 4 is 23.2 Å². The first-order chi connectivity index (χ1) is 12.2. The minimum atomic E-state index is -0.304. The first-order valence-corrected chi connectivity index (χ1v) is 8.15. The molecule has 6 heteroatoms. The third-order valence-electron chi connectivity index (χ3n) is 3.47. The van der Waals surface area contributed by atoms with E-state index in [4.69, 9.17) is 16.3 Å². The van der Waals surface area contributed by atoms with Crippen LogP contribution in [0.5, 0.6) is 5.75 Å². The largest absolute Gasteiger partial charge is 0.493 e. The number of aromatic nitrogens is 2. The van der Waals surface area contributed by atoms with Gasteiger partial charge in [-0.2, -0.15) is 0 Å². The molecule has 3 aromatic rings. The van der Waals surface area contributed by atoms with Crippen molar-refractivity contribution < 1.29 is 9.53 Å². The predicted molar refractivity (Wildman–Crippen MR) is 97.1 cm³/mol. The van der Waals surface area contributed by atoms with Gasteiger partial charge in [0.1, 0.15) is 10.9 Å². The van der Waals surface area contributed by atoms with Crippen LogP contribution in [0, 0.1) is 0 Å². The van der Waals surface area contributed by atoms with Crippen LogP contribution in [0.3, 0.4) is 0 Å². The Labute approximate surface area is 150 Å². The second kappa shape index (κ2) is 8.26. The summed E-state index contributed by atoms with van der Waals surface area (Å²) in [5.41, 5.74) is 1.97. The van der Waals surface area contributed by atoms with Crippen molar-refractivity contribution in [3.63, 3.8) is 0 Å². The fourth-order valence-corrected chi connectivity index (χ4v) is 2.41. The van der Waals surface area contributed by atoms with Crippen molar-refractivity contribution in [1.29, 1.82) is 0 Å². The van der Waals surface area contributed by atoms with Crippen molar-refractivity contribution in [3.8, 4) is 5.75 Å². The Bertz CT molecular complexity index is 839. The molecule has 0 aliphatic rings. The number of pyridine rings is 2. The van der Waals surface area contributed by atoms with Crippen LogP contribution in [0.2, 0.25) is 5.15 Å². The molecule has 1 amide bonds. The number of halogens is 1. The molecule has 5 nitrogen and oxygen atoms in total. The minimum absolute atomic E-state index is 0.175. The molecule has 0 fully saturated rings. The molecule has 0 unspecified atom stereocenters. The molecule has 0 saturated carbocycles. The molecule has 3 rings (SSSR count). The molecule has 2 aromatic heterocycles. The van der Waals surface area contributed by atoms with E-state index >= 15 is 0 Å². The fourth-order valence-electron chi connectivity index (χ4n) is 2.21. The Morgan fingerprint density at radius 3 is 2.52 bits per heavy atom. The van der Waals surface area contributed by atoms with Crippen LogP contribution in [0.1, 0.15) is 16.1 Å². The van der Waals surface area contributed by atoms with Gasteiger partial charge in [-0.3, -0.25) is 9.78 Å². The van der Waals surface area contributed by atoms with Gasteiger partial charge in [0.25, 0.3) is 5.91 Å². The maximum atomic E-state index is 12.2. The topological polar surface area (TPSA) is 64.1 Å². The van der Waals surface area contributed by atoms with Crippen LogP contribution in [0.4, 0.5) is 5.69 Å². The van der Waals surface area contributed by atoms with Crippen LogP contribution in [-0.2, 0) is 6.42 Å². The van der Waals surface area contributed by atoms with Crippen molar-refractivity contribution in [2.75, 3.05) is 11.9 Å². The van der Waals surface area contributed by atoms with E-state index < -0.39 is 0 Å². The van der Waals surface area contributed by atoms with Gasteiger partial charge in [-0.1, -0.05) is 17.7 Å². The molecule has 126 valence electrons. The number of hydrogen-bond acceptors (Lipinski definition) is 4. The van der Waals surface area contributed by atoms with Gasteiger partial charge in [0.05, 0.1) is 12.2 Å². The second-order valence-corrected chi connectivity index (χ2v) is 5.60. The van der Waals surface area contributed by atoms with Crippen LogP contribution in [0.15, 0.2) is 67.0 Å². The van der Waals surface area contributed by atoms with Crippen molar-refractivity contribution in [2.45, 2.75) is 6.42 Å². The molecule has 0 radical (unpaired) electrons. The molecule has 0 aliphatic heterocycles. The average molecular weight is 354 g/mol. The zero-order chi connectivity index (χ0) is 17.5. The minimum Gasteiger partial charge on any atom is -0.493 e. The standard InChI is InChI=1S/C19H16ClN3O2/c20-18-17(5-3-12-22-18)19(24)23-15-6-8-16(9-7-15)25-13-10-14-4-1-2-11-21-14/h1-9,11-12H,10,13H2,(H,23,24). The highest BCUT2D eigenvalue weighted by Crippen LogP contribution is 2.18. The van der Waals surface area contributed by atoms with E-state index in [9.17, 15) is 4.79 Å². The molecule has 0 aliphatic carbocycles. The molecule has 0 spiro atoms. The molecule has 0 saturated heterocycles. The lowest BCUT2D eigenvalue weighted by atomic mass is 10.2. The van der Waals surface area contributed by atoms with E-state index in [-0.39, 0.29) is 11.1 Å². The third-order valence-corrected chi connectivity index (χ3v) is 3.77. The van der Waals surface area contributed by atoms with Gasteiger partial charge in [0, 0.05) is 30.2 Å². The Morgan fingerprint density at radius 2 is 1.80 bits per heavy atom. The molecule has 1 aromatic carbocycles. The number of nitrogens with one attached hydrogen (secondary N) is 1. The lowest BCUT2D eigenvalue weighted by molar-refractivity contribution is 0.102. The highest BCUT2D eigenvalue weighted by atomic mass is 35.5. The summed E-state index contributed by atoms with van der Waals surface area (Å²) >= 11 is 5.92. The number of carbonyl (C=O) groups is 1. The quantitative estimate of drug-likeness (QED) is 0.680. The van der Waals surface area contributed by atoms with Crippen molar-refractivity contribution in [3.05, 3.63) is 83.4 Å². The number of hydrogen-bond donors (Lipinski definition) is 1. The molecule has 25 heavy (non-hydrogen) atoms. The summed E-state index contributed by atoms with van der Waals surface area (Å²) in [5, 5.41) is 2.95. The number of benzene rings is 1. The summed E-state index contributed by atoms with van der Waals surface area (Å²) in [6.07, 6.45) is 4.04. The summed E-state index contributed by atoms with van der Waals surface area (Å²) < 4.78 is 5.69. The monoisotopic (exact) mass is 353 g/mol. The number of amides is 1. The van der Waals surface area contributed by atoms with Crippen LogP contribution in [0.25, 0.3) is 0 Å². The zero-order valence-electron chi connectivity index (χ0n) is 13.4. The maximum absolute atomic E-state index is 12.2. The smallest absolute Gasteiger partial charge is 0.258 e. The van der Waals surface area contributed by atoms with Gasteiger partial charge in [-0.15, -0.1) is 0 Å². The molecular formula is C19H16ClN3O2. The Kier molecular flexibility index (Phi) is 5.59. The van der Waals surface area contributed by atoms with E-state index in [0.717, 1.165) is 17.9 Å². The number of ether oxygens (including phenoxy) is 1. The Morgan fingerprint density at radius 1 is 1.00 bits per heavy atom. The van der Waals surface area contributed by atoms with E-state index in [1.807, 2.05) is 18.2 Å². The SMILES string of the molecule is O=C(Nc1ccc(OCCc2ccccn2)cc1)c1cccnc1Cl. The lowest BCUT2D eigenvalue weighted by Gasteiger charge is -2.09. The van der Waals surface area contributed by atoms with E-state index in [1.54, 1.807) is 42.6 Å². The number of carbonyl (C=O) groups excluding carboxylic acids is 1. The van der Waals surface area contributed by atoms with Gasteiger partial charge < -0.3 is 10.1 Å².